The molecule has 14 heavy (non-hydrogen) atoms. The van der Waals surface area contributed by atoms with Crippen molar-refractivity contribution < 1.29 is 9.18 Å². The molecule has 0 heterocycles. The Hall–Kier alpha value is -1.44. The van der Waals surface area contributed by atoms with Crippen molar-refractivity contribution in [3.05, 3.63) is 40.7 Å². The van der Waals surface area contributed by atoms with Crippen molar-refractivity contribution in [2.45, 2.75) is 20.3 Å². The number of benzene rings is 1. The monoisotopic (exact) mass is 192 g/mol. The van der Waals surface area contributed by atoms with E-state index >= 15 is 0 Å². The molecule has 0 unspecified atom stereocenters. The Labute approximate surface area is 83.3 Å². The highest BCUT2D eigenvalue weighted by Gasteiger charge is 1.99. The third-order valence-corrected chi connectivity index (χ3v) is 2.14. The van der Waals surface area contributed by atoms with Gasteiger partial charge in [-0.3, -0.25) is 4.79 Å². The molecule has 0 N–H and O–H groups in total. The highest BCUT2D eigenvalue weighted by Crippen LogP contribution is 2.14. The second-order valence-corrected chi connectivity index (χ2v) is 3.19. The summed E-state index contributed by atoms with van der Waals surface area (Å²) in [6.45, 7) is 3.79. The highest BCUT2D eigenvalue weighted by molar-refractivity contribution is 5.81. The normalized spacial score (nSPS) is 11.5. The third kappa shape index (κ3) is 2.52. The first-order chi connectivity index (χ1) is 6.67. The minimum atomic E-state index is -0.275. The molecule has 74 valence electrons. The lowest BCUT2D eigenvalue weighted by Gasteiger charge is -2.01. The van der Waals surface area contributed by atoms with Crippen LogP contribution in [0.1, 0.15) is 24.5 Å². The van der Waals surface area contributed by atoms with Crippen LogP contribution in [0.25, 0.3) is 6.08 Å². The minimum absolute atomic E-state index is 0.275. The van der Waals surface area contributed by atoms with Gasteiger partial charge in [-0.05, 0) is 48.3 Å². The first kappa shape index (κ1) is 10.6. The second-order valence-electron chi connectivity index (χ2n) is 3.19. The summed E-state index contributed by atoms with van der Waals surface area (Å²) >= 11 is 0. The number of aryl methyl sites for hydroxylation is 1. The lowest BCUT2D eigenvalue weighted by molar-refractivity contribution is -0.104. The molecule has 0 fully saturated rings. The summed E-state index contributed by atoms with van der Waals surface area (Å²) in [6, 6.07) is 4.56. The average molecular weight is 192 g/mol. The molecule has 0 radical (unpaired) electrons. The standard InChI is InChI=1S/C12H13FO/c1-3-10(8-14)6-11-7-12(13)5-4-9(11)2/h4-8H,3H2,1-2H3/b10-6-. The van der Waals surface area contributed by atoms with Crippen LogP contribution in [0.4, 0.5) is 4.39 Å². The highest BCUT2D eigenvalue weighted by atomic mass is 19.1. The van der Waals surface area contributed by atoms with Crippen molar-refractivity contribution in [2.75, 3.05) is 0 Å². The van der Waals surface area contributed by atoms with Crippen molar-refractivity contribution in [1.29, 1.82) is 0 Å². The van der Waals surface area contributed by atoms with Crippen molar-refractivity contribution in [3.8, 4) is 0 Å². The fourth-order valence-electron chi connectivity index (χ4n) is 1.19. The number of allylic oxidation sites excluding steroid dienone is 1. The fraction of sp³-hybridized carbons (Fsp3) is 0.250. The molecule has 0 aliphatic rings. The molecule has 0 saturated heterocycles. The molecule has 0 saturated carbocycles. The molecule has 2 heteroatoms. The van der Waals surface area contributed by atoms with Gasteiger partial charge in [0.1, 0.15) is 12.1 Å². The van der Waals surface area contributed by atoms with E-state index < -0.39 is 0 Å². The van der Waals surface area contributed by atoms with Gasteiger partial charge in [-0.2, -0.15) is 0 Å². The molecular weight excluding hydrogens is 179 g/mol. The Morgan fingerprint density at radius 1 is 1.50 bits per heavy atom. The number of halogens is 1. The Morgan fingerprint density at radius 3 is 2.79 bits per heavy atom. The number of carbonyl (C=O) groups excluding carboxylic acids is 1. The molecule has 0 aromatic heterocycles. The van der Waals surface area contributed by atoms with E-state index in [1.165, 1.54) is 12.1 Å². The third-order valence-electron chi connectivity index (χ3n) is 2.14. The molecule has 1 nitrogen and oxygen atoms in total. The first-order valence-electron chi connectivity index (χ1n) is 4.59. The number of hydrogen-bond donors (Lipinski definition) is 0. The van der Waals surface area contributed by atoms with Crippen LogP contribution in [0.3, 0.4) is 0 Å². The Bertz CT molecular complexity index is 367. The maximum absolute atomic E-state index is 12.9. The molecular formula is C12H13FO. The van der Waals surface area contributed by atoms with E-state index in [2.05, 4.69) is 0 Å². The molecule has 0 bridgehead atoms. The fourth-order valence-corrected chi connectivity index (χ4v) is 1.19. The van der Waals surface area contributed by atoms with E-state index in [0.717, 1.165) is 17.4 Å². The summed E-state index contributed by atoms with van der Waals surface area (Å²) in [7, 11) is 0. The van der Waals surface area contributed by atoms with Crippen LogP contribution in [0.2, 0.25) is 0 Å². The average Bonchev–Trinajstić information content (AvgIpc) is 2.19. The van der Waals surface area contributed by atoms with Gasteiger partial charge in [0.25, 0.3) is 0 Å². The van der Waals surface area contributed by atoms with E-state index in [-0.39, 0.29) is 5.82 Å². The summed E-state index contributed by atoms with van der Waals surface area (Å²) in [5.74, 6) is -0.275. The molecule has 0 atom stereocenters. The molecule has 0 aliphatic carbocycles. The molecule has 0 aliphatic heterocycles. The van der Waals surface area contributed by atoms with Crippen molar-refractivity contribution in [2.24, 2.45) is 0 Å². The lowest BCUT2D eigenvalue weighted by atomic mass is 10.0. The first-order valence-corrected chi connectivity index (χ1v) is 4.59. The van der Waals surface area contributed by atoms with E-state index in [9.17, 15) is 9.18 Å². The predicted molar refractivity (Wildman–Crippen MR) is 55.5 cm³/mol. The molecule has 1 aromatic rings. The van der Waals surface area contributed by atoms with Gasteiger partial charge in [0.15, 0.2) is 0 Å². The number of hydrogen-bond acceptors (Lipinski definition) is 1. The smallest absolute Gasteiger partial charge is 0.146 e. The van der Waals surface area contributed by atoms with Gasteiger partial charge in [-0.1, -0.05) is 13.0 Å². The summed E-state index contributed by atoms with van der Waals surface area (Å²) < 4.78 is 12.9. The van der Waals surface area contributed by atoms with Gasteiger partial charge >= 0.3 is 0 Å². The van der Waals surface area contributed by atoms with Gasteiger partial charge in [-0.25, -0.2) is 4.39 Å². The summed E-state index contributed by atoms with van der Waals surface area (Å²) in [4.78, 5) is 10.6. The van der Waals surface area contributed by atoms with Crippen molar-refractivity contribution in [1.82, 2.24) is 0 Å². The van der Waals surface area contributed by atoms with Crippen molar-refractivity contribution in [3.63, 3.8) is 0 Å². The number of aldehydes is 1. The predicted octanol–water partition coefficient (Wildman–Crippen LogP) is 3.13. The van der Waals surface area contributed by atoms with Crippen LogP contribution in [-0.4, -0.2) is 6.29 Å². The second kappa shape index (κ2) is 4.70. The maximum Gasteiger partial charge on any atom is 0.146 e. The van der Waals surface area contributed by atoms with Crippen LogP contribution in [0.5, 0.6) is 0 Å². The van der Waals surface area contributed by atoms with Gasteiger partial charge < -0.3 is 0 Å². The zero-order chi connectivity index (χ0) is 10.6. The van der Waals surface area contributed by atoms with E-state index in [1.807, 2.05) is 13.8 Å². The van der Waals surface area contributed by atoms with Crippen LogP contribution in [0.15, 0.2) is 23.8 Å². The summed E-state index contributed by atoms with van der Waals surface area (Å²) in [6.07, 6.45) is 3.20. The number of rotatable bonds is 3. The van der Waals surface area contributed by atoms with E-state index in [4.69, 9.17) is 0 Å². The summed E-state index contributed by atoms with van der Waals surface area (Å²) in [5, 5.41) is 0. The number of carbonyl (C=O) groups is 1. The van der Waals surface area contributed by atoms with Crippen LogP contribution in [-0.2, 0) is 4.79 Å². The van der Waals surface area contributed by atoms with E-state index in [0.29, 0.717) is 12.0 Å². The Morgan fingerprint density at radius 2 is 2.21 bits per heavy atom. The maximum atomic E-state index is 12.9. The largest absolute Gasteiger partial charge is 0.298 e. The lowest BCUT2D eigenvalue weighted by Crippen LogP contribution is -1.87. The van der Waals surface area contributed by atoms with Crippen molar-refractivity contribution >= 4 is 12.4 Å². The molecule has 1 aromatic carbocycles. The quantitative estimate of drug-likeness (QED) is 0.531. The Kier molecular flexibility index (Phi) is 3.57. The minimum Gasteiger partial charge on any atom is -0.298 e. The SMILES string of the molecule is CC/C(C=O)=C/c1cc(F)ccc1C. The van der Waals surface area contributed by atoms with Crippen LogP contribution in [0, 0.1) is 12.7 Å². The summed E-state index contributed by atoms with van der Waals surface area (Å²) in [5.41, 5.74) is 2.42. The zero-order valence-electron chi connectivity index (χ0n) is 8.38. The van der Waals surface area contributed by atoms with Gasteiger partial charge in [0.2, 0.25) is 0 Å². The topological polar surface area (TPSA) is 17.1 Å². The molecule has 1 rings (SSSR count). The van der Waals surface area contributed by atoms with Gasteiger partial charge in [-0.15, -0.1) is 0 Å². The van der Waals surface area contributed by atoms with E-state index in [1.54, 1.807) is 12.1 Å². The van der Waals surface area contributed by atoms with Gasteiger partial charge in [0.05, 0.1) is 0 Å². The van der Waals surface area contributed by atoms with Crippen LogP contribution < -0.4 is 0 Å². The molecule has 0 spiro atoms. The zero-order valence-corrected chi connectivity index (χ0v) is 8.38. The molecule has 0 amide bonds. The van der Waals surface area contributed by atoms with Gasteiger partial charge in [0, 0.05) is 0 Å². The van der Waals surface area contributed by atoms with Crippen LogP contribution >= 0.6 is 0 Å². The Balaban J connectivity index is 3.12.